The molecule has 0 bridgehead atoms. The van der Waals surface area contributed by atoms with E-state index in [4.69, 9.17) is 19.4 Å². The highest BCUT2D eigenvalue weighted by Crippen LogP contribution is 2.41. The van der Waals surface area contributed by atoms with Crippen LogP contribution in [0.4, 0.5) is 0 Å². The Kier molecular flexibility index (Phi) is 7.42. The highest BCUT2D eigenvalue weighted by atomic mass is 16.3. The van der Waals surface area contributed by atoms with Crippen molar-refractivity contribution >= 4 is 43.7 Å². The topological polar surface area (TPSA) is 56.7 Å². The van der Waals surface area contributed by atoms with E-state index in [1.54, 1.807) is 0 Å². The summed E-state index contributed by atoms with van der Waals surface area (Å²) in [5.74, 6) is 1.81. The van der Waals surface area contributed by atoms with E-state index in [0.717, 1.165) is 83.0 Å². The van der Waals surface area contributed by atoms with Gasteiger partial charge in [0.15, 0.2) is 23.1 Å². The van der Waals surface area contributed by atoms with E-state index in [0.29, 0.717) is 17.5 Å². The maximum atomic E-state index is 6.77. The zero-order valence-corrected chi connectivity index (χ0v) is 30.2. The van der Waals surface area contributed by atoms with Crippen molar-refractivity contribution in [2.45, 2.75) is 0 Å². The maximum absolute atomic E-state index is 6.77. The van der Waals surface area contributed by atoms with Gasteiger partial charge in [-0.25, -0.2) is 15.0 Å². The molecule has 0 aliphatic rings. The first-order valence-electron chi connectivity index (χ1n) is 18.8. The molecule has 0 spiro atoms. The summed E-state index contributed by atoms with van der Waals surface area (Å²) in [5, 5.41) is 4.38. The summed E-state index contributed by atoms with van der Waals surface area (Å²) in [7, 11) is 0. The molecule has 0 saturated carbocycles. The fourth-order valence-electron chi connectivity index (χ4n) is 7.97. The van der Waals surface area contributed by atoms with Gasteiger partial charge in [-0.2, -0.15) is 0 Å². The second-order valence-corrected chi connectivity index (χ2v) is 14.0. The third-order valence-electron chi connectivity index (χ3n) is 10.6. The molecule has 0 fully saturated rings. The lowest BCUT2D eigenvalue weighted by Gasteiger charge is -2.12. The Bertz CT molecular complexity index is 3170. The second kappa shape index (κ2) is 13.0. The molecule has 8 aromatic carbocycles. The third kappa shape index (κ3) is 5.37. The van der Waals surface area contributed by atoms with Gasteiger partial charge in [-0.3, -0.25) is 0 Å². The van der Waals surface area contributed by atoms with Crippen LogP contribution in [-0.2, 0) is 0 Å². The predicted molar refractivity (Wildman–Crippen MR) is 229 cm³/mol. The van der Waals surface area contributed by atoms with Crippen LogP contribution < -0.4 is 0 Å². The quantitative estimate of drug-likeness (QED) is 0.172. The number of furan rings is 1. The molecule has 0 amide bonds. The fraction of sp³-hybridized carbons (Fsp3) is 0. The summed E-state index contributed by atoms with van der Waals surface area (Å²) in [4.78, 5) is 15.4. The van der Waals surface area contributed by atoms with Gasteiger partial charge >= 0.3 is 0 Å². The van der Waals surface area contributed by atoms with Gasteiger partial charge in [0.1, 0.15) is 5.58 Å². The minimum Gasteiger partial charge on any atom is -0.454 e. The van der Waals surface area contributed by atoms with Crippen LogP contribution in [0.2, 0.25) is 0 Å². The fourth-order valence-corrected chi connectivity index (χ4v) is 7.97. The summed E-state index contributed by atoms with van der Waals surface area (Å²) in [6.45, 7) is 0. The van der Waals surface area contributed by atoms with Crippen LogP contribution in [0.15, 0.2) is 199 Å². The second-order valence-electron chi connectivity index (χ2n) is 14.0. The number of benzene rings is 8. The first kappa shape index (κ1) is 31.9. The number of rotatable bonds is 6. The van der Waals surface area contributed by atoms with Gasteiger partial charge in [-0.15, -0.1) is 0 Å². The molecule has 11 rings (SSSR count). The van der Waals surface area contributed by atoms with E-state index >= 15 is 0 Å². The van der Waals surface area contributed by atoms with Gasteiger partial charge < -0.3 is 8.98 Å². The minimum absolute atomic E-state index is 0.593. The Morgan fingerprint density at radius 1 is 0.339 bits per heavy atom. The molecule has 0 aliphatic carbocycles. The third-order valence-corrected chi connectivity index (χ3v) is 10.6. The summed E-state index contributed by atoms with van der Waals surface area (Å²) in [6.07, 6.45) is 0. The molecule has 5 heteroatoms. The molecule has 0 aliphatic heterocycles. The van der Waals surface area contributed by atoms with Crippen molar-refractivity contribution in [2.75, 3.05) is 0 Å². The number of aromatic nitrogens is 4. The van der Waals surface area contributed by atoms with Gasteiger partial charge in [0.2, 0.25) is 0 Å². The van der Waals surface area contributed by atoms with Crippen molar-refractivity contribution < 1.29 is 4.42 Å². The number of para-hydroxylation sites is 2. The Balaban J connectivity index is 1.12. The summed E-state index contributed by atoms with van der Waals surface area (Å²) < 4.78 is 9.08. The lowest BCUT2D eigenvalue weighted by Crippen LogP contribution is -2.00. The monoisotopic (exact) mass is 716 g/mol. The SMILES string of the molecule is c1ccc(-c2cc(-c3ccccc3)cc(-c3nc(-c4ccccc4)nc(-c4ccc5oc6c(ccc7c8ccccc8n(-c8ccccc8)c76)c5c4)n3)c2)cc1. The van der Waals surface area contributed by atoms with Crippen molar-refractivity contribution in [2.24, 2.45) is 0 Å². The van der Waals surface area contributed by atoms with E-state index in [9.17, 15) is 0 Å². The van der Waals surface area contributed by atoms with Crippen LogP contribution in [0.25, 0.3) is 106 Å². The number of nitrogens with zero attached hydrogens (tertiary/aromatic N) is 4. The summed E-state index contributed by atoms with van der Waals surface area (Å²) >= 11 is 0. The highest BCUT2D eigenvalue weighted by molar-refractivity contribution is 6.21. The molecule has 0 atom stereocenters. The predicted octanol–water partition coefficient (Wildman–Crippen LogP) is 13.2. The normalized spacial score (nSPS) is 11.6. The average molecular weight is 717 g/mol. The van der Waals surface area contributed by atoms with E-state index in [2.05, 4.69) is 144 Å². The van der Waals surface area contributed by atoms with Crippen molar-refractivity contribution in [3.63, 3.8) is 0 Å². The Morgan fingerprint density at radius 2 is 0.857 bits per heavy atom. The molecule has 3 aromatic heterocycles. The molecular weight excluding hydrogens is 685 g/mol. The molecule has 262 valence electrons. The Hall–Kier alpha value is -7.63. The largest absolute Gasteiger partial charge is 0.454 e. The van der Waals surface area contributed by atoms with Crippen molar-refractivity contribution in [1.82, 2.24) is 19.5 Å². The lowest BCUT2D eigenvalue weighted by molar-refractivity contribution is 0.671. The minimum atomic E-state index is 0.593. The van der Waals surface area contributed by atoms with Crippen LogP contribution >= 0.6 is 0 Å². The molecule has 3 heterocycles. The zero-order chi connectivity index (χ0) is 37.0. The number of hydrogen-bond acceptors (Lipinski definition) is 4. The Labute approximate surface area is 322 Å². The van der Waals surface area contributed by atoms with Crippen molar-refractivity contribution in [3.8, 4) is 62.1 Å². The van der Waals surface area contributed by atoms with Gasteiger partial charge in [0.05, 0.1) is 11.0 Å². The standard InChI is InChI=1S/C51H32N4O/c1-5-15-33(16-6-1)37-29-38(34-17-7-2-8-18-34)31-39(30-37)51-53-49(35-19-9-3-10-20-35)52-50(54-51)36-25-28-46-44(32-36)43-27-26-42-41-23-13-14-24-45(41)55(47(42)48(43)56-46)40-21-11-4-12-22-40/h1-32H. The molecule has 11 aromatic rings. The molecule has 0 radical (unpaired) electrons. The van der Waals surface area contributed by atoms with E-state index in [-0.39, 0.29) is 0 Å². The highest BCUT2D eigenvalue weighted by Gasteiger charge is 2.20. The van der Waals surface area contributed by atoms with Gasteiger partial charge in [-0.05, 0) is 82.9 Å². The van der Waals surface area contributed by atoms with Crippen LogP contribution in [0, 0.1) is 0 Å². The zero-order valence-electron chi connectivity index (χ0n) is 30.2. The molecule has 0 saturated heterocycles. The molecule has 56 heavy (non-hydrogen) atoms. The number of hydrogen-bond donors (Lipinski definition) is 0. The van der Waals surface area contributed by atoms with Gasteiger partial charge in [0.25, 0.3) is 0 Å². The smallest absolute Gasteiger partial charge is 0.164 e. The van der Waals surface area contributed by atoms with E-state index in [1.165, 1.54) is 5.39 Å². The van der Waals surface area contributed by atoms with E-state index in [1.807, 2.05) is 54.6 Å². The van der Waals surface area contributed by atoms with Crippen LogP contribution in [0.3, 0.4) is 0 Å². The average Bonchev–Trinajstić information content (AvgIpc) is 3.83. The van der Waals surface area contributed by atoms with E-state index < -0.39 is 0 Å². The molecule has 5 nitrogen and oxygen atoms in total. The Morgan fingerprint density at radius 3 is 1.52 bits per heavy atom. The lowest BCUT2D eigenvalue weighted by atomic mass is 9.96. The summed E-state index contributed by atoms with van der Waals surface area (Å²) in [6, 6.07) is 67.4. The number of fused-ring (bicyclic) bond motifs is 7. The maximum Gasteiger partial charge on any atom is 0.164 e. The molecular formula is C51H32N4O. The first-order chi connectivity index (χ1) is 27.7. The summed E-state index contributed by atoms with van der Waals surface area (Å²) in [5.41, 5.74) is 12.1. The van der Waals surface area contributed by atoms with Gasteiger partial charge in [-0.1, -0.05) is 133 Å². The first-order valence-corrected chi connectivity index (χ1v) is 18.8. The van der Waals surface area contributed by atoms with Crippen LogP contribution in [0.1, 0.15) is 0 Å². The van der Waals surface area contributed by atoms with Crippen LogP contribution in [0.5, 0.6) is 0 Å². The molecule has 0 N–H and O–H groups in total. The van der Waals surface area contributed by atoms with Crippen molar-refractivity contribution in [3.05, 3.63) is 194 Å². The van der Waals surface area contributed by atoms with Gasteiger partial charge in [0, 0.05) is 43.9 Å². The van der Waals surface area contributed by atoms with Crippen molar-refractivity contribution in [1.29, 1.82) is 0 Å². The van der Waals surface area contributed by atoms with Crippen LogP contribution in [-0.4, -0.2) is 19.5 Å². The molecule has 0 unspecified atom stereocenters.